The fourth-order valence-electron chi connectivity index (χ4n) is 2.37. The molecule has 2 aromatic rings. The van der Waals surface area contributed by atoms with Gasteiger partial charge in [-0.3, -0.25) is 0 Å². The average molecular weight is 259 g/mol. The molecule has 0 aliphatic carbocycles. The second-order valence-electron chi connectivity index (χ2n) is 4.82. The summed E-state index contributed by atoms with van der Waals surface area (Å²) in [6.07, 6.45) is 0. The molecule has 1 aromatic carbocycles. The number of hydrogen-bond acceptors (Lipinski definition) is 3. The van der Waals surface area contributed by atoms with Crippen molar-refractivity contribution in [3.8, 4) is 0 Å². The third-order valence-corrected chi connectivity index (χ3v) is 3.28. The smallest absolute Gasteiger partial charge is 0.129 e. The Morgan fingerprint density at radius 3 is 2.63 bits per heavy atom. The van der Waals surface area contributed by atoms with E-state index in [9.17, 15) is 0 Å². The number of hydrogen-bond donors (Lipinski definition) is 1. The van der Waals surface area contributed by atoms with Gasteiger partial charge in [0.1, 0.15) is 18.1 Å². The van der Waals surface area contributed by atoms with Gasteiger partial charge in [-0.25, -0.2) is 0 Å². The summed E-state index contributed by atoms with van der Waals surface area (Å²) in [5.74, 6) is 1.77. The lowest BCUT2D eigenvalue weighted by Gasteiger charge is -2.17. The van der Waals surface area contributed by atoms with E-state index in [1.807, 2.05) is 19.2 Å². The molecule has 102 valence electrons. The lowest BCUT2D eigenvalue weighted by molar-refractivity contribution is 0.162. The highest BCUT2D eigenvalue weighted by atomic mass is 16.5. The summed E-state index contributed by atoms with van der Waals surface area (Å²) in [6, 6.07) is 10.5. The Morgan fingerprint density at radius 1 is 1.21 bits per heavy atom. The second-order valence-corrected chi connectivity index (χ2v) is 4.82. The Bertz CT molecular complexity index is 545. The van der Waals surface area contributed by atoms with Gasteiger partial charge in [-0.05, 0) is 44.2 Å². The number of nitrogens with one attached hydrogen (secondary N) is 1. The summed E-state index contributed by atoms with van der Waals surface area (Å²) in [6.45, 7) is 4.74. The van der Waals surface area contributed by atoms with Crippen molar-refractivity contribution < 1.29 is 9.15 Å². The Morgan fingerprint density at radius 2 is 2.00 bits per heavy atom. The van der Waals surface area contributed by atoms with Gasteiger partial charge < -0.3 is 14.5 Å². The van der Waals surface area contributed by atoms with Crippen LogP contribution in [0.2, 0.25) is 0 Å². The molecule has 19 heavy (non-hydrogen) atoms. The monoisotopic (exact) mass is 259 g/mol. The van der Waals surface area contributed by atoms with E-state index in [-0.39, 0.29) is 6.04 Å². The predicted octanol–water partition coefficient (Wildman–Crippen LogP) is 3.35. The molecule has 0 amide bonds. The zero-order valence-electron chi connectivity index (χ0n) is 12.0. The summed E-state index contributed by atoms with van der Waals surface area (Å²) in [7, 11) is 3.62. The van der Waals surface area contributed by atoms with Crippen LogP contribution in [-0.2, 0) is 11.3 Å². The molecule has 1 unspecified atom stereocenters. The third kappa shape index (κ3) is 3.06. The molecule has 0 saturated carbocycles. The zero-order valence-corrected chi connectivity index (χ0v) is 12.0. The first-order valence-corrected chi connectivity index (χ1v) is 6.47. The van der Waals surface area contributed by atoms with Crippen molar-refractivity contribution in [2.24, 2.45) is 0 Å². The predicted molar refractivity (Wildman–Crippen MR) is 76.2 cm³/mol. The maximum atomic E-state index is 5.83. The topological polar surface area (TPSA) is 34.4 Å². The largest absolute Gasteiger partial charge is 0.462 e. The van der Waals surface area contributed by atoms with E-state index in [4.69, 9.17) is 9.15 Å². The molecular weight excluding hydrogens is 238 g/mol. The average Bonchev–Trinajstić information content (AvgIpc) is 2.82. The minimum Gasteiger partial charge on any atom is -0.462 e. The molecule has 1 aromatic heterocycles. The van der Waals surface area contributed by atoms with Crippen LogP contribution < -0.4 is 5.32 Å². The van der Waals surface area contributed by atoms with Crippen LogP contribution in [0.25, 0.3) is 0 Å². The molecule has 0 saturated heterocycles. The molecule has 1 heterocycles. The lowest BCUT2D eigenvalue weighted by atomic mass is 9.98. The van der Waals surface area contributed by atoms with E-state index < -0.39 is 0 Å². The highest BCUT2D eigenvalue weighted by molar-refractivity contribution is 5.36. The van der Waals surface area contributed by atoms with Gasteiger partial charge in [0.2, 0.25) is 0 Å². The van der Waals surface area contributed by atoms with Crippen LogP contribution in [0.1, 0.15) is 34.3 Å². The van der Waals surface area contributed by atoms with Crippen LogP contribution in [0.3, 0.4) is 0 Å². The Hall–Kier alpha value is -1.58. The second kappa shape index (κ2) is 6.04. The van der Waals surface area contributed by atoms with E-state index >= 15 is 0 Å². The van der Waals surface area contributed by atoms with Crippen molar-refractivity contribution in [3.05, 3.63) is 58.5 Å². The van der Waals surface area contributed by atoms with Crippen molar-refractivity contribution in [1.29, 1.82) is 0 Å². The molecule has 0 bridgehead atoms. The van der Waals surface area contributed by atoms with Gasteiger partial charge in [0, 0.05) is 7.11 Å². The van der Waals surface area contributed by atoms with Crippen LogP contribution in [0.4, 0.5) is 0 Å². The molecule has 0 radical (unpaired) electrons. The van der Waals surface area contributed by atoms with E-state index in [0.717, 1.165) is 11.5 Å². The molecule has 3 nitrogen and oxygen atoms in total. The SMILES string of the molecule is CNC(c1ccc(COC)o1)c1ccc(C)cc1C. The summed E-state index contributed by atoms with van der Waals surface area (Å²) in [4.78, 5) is 0. The standard InChI is InChI=1S/C16H21NO2/c1-11-5-7-14(12(2)9-11)16(17-3)15-8-6-13(19-15)10-18-4/h5-9,16-17H,10H2,1-4H3. The number of benzene rings is 1. The highest BCUT2D eigenvalue weighted by Crippen LogP contribution is 2.27. The first-order chi connectivity index (χ1) is 9.15. The van der Waals surface area contributed by atoms with Gasteiger partial charge in [0.05, 0.1) is 6.04 Å². The van der Waals surface area contributed by atoms with E-state index in [0.29, 0.717) is 6.61 Å². The van der Waals surface area contributed by atoms with E-state index in [1.165, 1.54) is 16.7 Å². The van der Waals surface area contributed by atoms with Crippen LogP contribution in [-0.4, -0.2) is 14.2 Å². The molecule has 0 fully saturated rings. The van der Waals surface area contributed by atoms with E-state index in [1.54, 1.807) is 7.11 Å². The first-order valence-electron chi connectivity index (χ1n) is 6.47. The zero-order chi connectivity index (χ0) is 13.8. The van der Waals surface area contributed by atoms with Gasteiger partial charge in [-0.15, -0.1) is 0 Å². The Labute approximate surface area is 114 Å². The molecule has 1 atom stereocenters. The number of ether oxygens (including phenoxy) is 1. The van der Waals surface area contributed by atoms with Crippen molar-refractivity contribution in [3.63, 3.8) is 0 Å². The number of furan rings is 1. The Kier molecular flexibility index (Phi) is 4.40. The third-order valence-electron chi connectivity index (χ3n) is 3.28. The summed E-state index contributed by atoms with van der Waals surface area (Å²) in [5, 5.41) is 3.32. The van der Waals surface area contributed by atoms with Crippen molar-refractivity contribution in [2.75, 3.05) is 14.2 Å². The number of rotatable bonds is 5. The molecule has 2 rings (SSSR count). The van der Waals surface area contributed by atoms with Gasteiger partial charge in [-0.2, -0.15) is 0 Å². The molecule has 3 heteroatoms. The minimum absolute atomic E-state index is 0.0752. The lowest BCUT2D eigenvalue weighted by Crippen LogP contribution is -2.18. The van der Waals surface area contributed by atoms with Crippen LogP contribution >= 0.6 is 0 Å². The molecular formula is C16H21NO2. The summed E-state index contributed by atoms with van der Waals surface area (Å²) < 4.78 is 10.9. The van der Waals surface area contributed by atoms with Crippen molar-refractivity contribution in [1.82, 2.24) is 5.32 Å². The number of methoxy groups -OCH3 is 1. The fourth-order valence-corrected chi connectivity index (χ4v) is 2.37. The van der Waals surface area contributed by atoms with E-state index in [2.05, 4.69) is 37.4 Å². The van der Waals surface area contributed by atoms with Crippen LogP contribution in [0.5, 0.6) is 0 Å². The van der Waals surface area contributed by atoms with Crippen molar-refractivity contribution >= 4 is 0 Å². The quantitative estimate of drug-likeness (QED) is 0.894. The fraction of sp³-hybridized carbons (Fsp3) is 0.375. The first kappa shape index (κ1) is 13.8. The molecule has 0 spiro atoms. The minimum atomic E-state index is 0.0752. The van der Waals surface area contributed by atoms with Crippen LogP contribution in [0.15, 0.2) is 34.7 Å². The van der Waals surface area contributed by atoms with Crippen LogP contribution in [0, 0.1) is 13.8 Å². The summed E-state index contributed by atoms with van der Waals surface area (Å²) in [5.41, 5.74) is 3.78. The summed E-state index contributed by atoms with van der Waals surface area (Å²) >= 11 is 0. The molecule has 0 aliphatic rings. The Balaban J connectivity index is 2.32. The normalized spacial score (nSPS) is 12.6. The van der Waals surface area contributed by atoms with Gasteiger partial charge >= 0.3 is 0 Å². The maximum Gasteiger partial charge on any atom is 0.129 e. The van der Waals surface area contributed by atoms with Gasteiger partial charge in [0.25, 0.3) is 0 Å². The highest BCUT2D eigenvalue weighted by Gasteiger charge is 2.17. The maximum absolute atomic E-state index is 5.83. The molecule has 1 N–H and O–H groups in total. The van der Waals surface area contributed by atoms with Gasteiger partial charge in [-0.1, -0.05) is 23.8 Å². The number of aryl methyl sites for hydroxylation is 2. The van der Waals surface area contributed by atoms with Crippen molar-refractivity contribution in [2.45, 2.75) is 26.5 Å². The molecule has 0 aliphatic heterocycles. The van der Waals surface area contributed by atoms with Gasteiger partial charge in [0.15, 0.2) is 0 Å².